The van der Waals surface area contributed by atoms with Crippen molar-refractivity contribution in [1.29, 1.82) is 0 Å². The van der Waals surface area contributed by atoms with Gasteiger partial charge in [-0.25, -0.2) is 0 Å². The van der Waals surface area contributed by atoms with Crippen LogP contribution in [-0.2, 0) is 11.2 Å². The van der Waals surface area contributed by atoms with Gasteiger partial charge in [0.2, 0.25) is 5.91 Å². The smallest absolute Gasteiger partial charge is 0.253 e. The minimum atomic E-state index is 0.179. The molecule has 5 heteroatoms. The van der Waals surface area contributed by atoms with Gasteiger partial charge >= 0.3 is 0 Å². The molecule has 1 aromatic carbocycles. The summed E-state index contributed by atoms with van der Waals surface area (Å²) in [5, 5.41) is 0. The average molecular weight is 440 g/mol. The molecule has 0 spiro atoms. The molecule has 3 saturated heterocycles. The van der Waals surface area contributed by atoms with E-state index < -0.39 is 0 Å². The second-order valence-electron chi connectivity index (χ2n) is 10.0. The summed E-state index contributed by atoms with van der Waals surface area (Å²) in [6.07, 6.45) is 11.3. The molecule has 4 rings (SSSR count). The lowest BCUT2D eigenvalue weighted by Gasteiger charge is -2.42. The first kappa shape index (κ1) is 23.3. The molecule has 3 heterocycles. The third-order valence-electron chi connectivity index (χ3n) is 7.83. The summed E-state index contributed by atoms with van der Waals surface area (Å²) >= 11 is 0. The van der Waals surface area contributed by atoms with E-state index in [0.717, 1.165) is 76.9 Å². The molecule has 1 aromatic rings. The number of likely N-dealkylation sites (tertiary alicyclic amines) is 3. The highest BCUT2D eigenvalue weighted by Gasteiger charge is 2.33. The Morgan fingerprint density at radius 1 is 0.812 bits per heavy atom. The summed E-state index contributed by atoms with van der Waals surface area (Å²) < 4.78 is 0. The number of hydrogen-bond acceptors (Lipinski definition) is 3. The Bertz CT molecular complexity index is 741. The predicted molar refractivity (Wildman–Crippen MR) is 129 cm³/mol. The number of unbranched alkanes of at least 4 members (excludes halogenated alkanes) is 2. The van der Waals surface area contributed by atoms with Crippen molar-refractivity contribution in [2.45, 2.75) is 77.2 Å². The predicted octanol–water partition coefficient (Wildman–Crippen LogP) is 4.36. The van der Waals surface area contributed by atoms with E-state index in [-0.39, 0.29) is 11.8 Å². The van der Waals surface area contributed by atoms with Crippen molar-refractivity contribution in [1.82, 2.24) is 14.7 Å². The van der Waals surface area contributed by atoms with Crippen molar-refractivity contribution in [3.05, 3.63) is 35.4 Å². The van der Waals surface area contributed by atoms with Gasteiger partial charge in [0.05, 0.1) is 0 Å². The summed E-state index contributed by atoms with van der Waals surface area (Å²) in [4.78, 5) is 32.4. The van der Waals surface area contributed by atoms with Gasteiger partial charge in [0.15, 0.2) is 0 Å². The van der Waals surface area contributed by atoms with Crippen LogP contribution in [0.4, 0.5) is 0 Å². The third-order valence-corrected chi connectivity index (χ3v) is 7.83. The molecule has 0 aromatic heterocycles. The molecule has 0 saturated carbocycles. The van der Waals surface area contributed by atoms with Crippen molar-refractivity contribution in [3.8, 4) is 0 Å². The van der Waals surface area contributed by atoms with Crippen molar-refractivity contribution in [2.75, 3.05) is 39.3 Å². The van der Waals surface area contributed by atoms with Gasteiger partial charge in [0.1, 0.15) is 0 Å². The van der Waals surface area contributed by atoms with E-state index in [2.05, 4.69) is 28.9 Å². The van der Waals surface area contributed by atoms with Crippen LogP contribution in [0.15, 0.2) is 24.3 Å². The van der Waals surface area contributed by atoms with Crippen LogP contribution in [0.3, 0.4) is 0 Å². The molecule has 0 radical (unpaired) electrons. The summed E-state index contributed by atoms with van der Waals surface area (Å²) in [6, 6.07) is 8.84. The maximum absolute atomic E-state index is 13.0. The van der Waals surface area contributed by atoms with E-state index in [0.29, 0.717) is 11.9 Å². The molecular formula is C27H41N3O2. The molecule has 3 aliphatic rings. The molecule has 0 N–H and O–H groups in total. The Kier molecular flexibility index (Phi) is 8.23. The zero-order valence-corrected chi connectivity index (χ0v) is 19.9. The maximum atomic E-state index is 13.0. The summed E-state index contributed by atoms with van der Waals surface area (Å²) in [5.41, 5.74) is 2.16. The Morgan fingerprint density at radius 3 is 2.09 bits per heavy atom. The van der Waals surface area contributed by atoms with Gasteiger partial charge in [0, 0.05) is 43.7 Å². The van der Waals surface area contributed by atoms with E-state index in [4.69, 9.17) is 0 Å². The molecule has 176 valence electrons. The normalized spacial score (nSPS) is 21.3. The number of amides is 2. The van der Waals surface area contributed by atoms with Gasteiger partial charge in [-0.15, -0.1) is 0 Å². The minimum absolute atomic E-state index is 0.179. The highest BCUT2D eigenvalue weighted by molar-refractivity contribution is 5.94. The minimum Gasteiger partial charge on any atom is -0.342 e. The summed E-state index contributed by atoms with van der Waals surface area (Å²) in [6.45, 7) is 7.90. The second kappa shape index (κ2) is 11.3. The molecule has 2 amide bonds. The van der Waals surface area contributed by atoms with Crippen molar-refractivity contribution in [2.24, 2.45) is 5.92 Å². The molecular weight excluding hydrogens is 398 g/mol. The van der Waals surface area contributed by atoms with Crippen molar-refractivity contribution < 1.29 is 9.59 Å². The fourth-order valence-corrected chi connectivity index (χ4v) is 5.72. The van der Waals surface area contributed by atoms with Crippen LogP contribution in [0.25, 0.3) is 0 Å². The number of hydrogen-bond donors (Lipinski definition) is 0. The lowest BCUT2D eigenvalue weighted by molar-refractivity contribution is -0.136. The van der Waals surface area contributed by atoms with E-state index in [1.165, 1.54) is 37.7 Å². The molecule has 32 heavy (non-hydrogen) atoms. The molecule has 0 unspecified atom stereocenters. The zero-order valence-electron chi connectivity index (χ0n) is 19.9. The van der Waals surface area contributed by atoms with Gasteiger partial charge in [-0.05, 0) is 82.2 Å². The molecule has 0 bridgehead atoms. The number of piperidine rings is 2. The lowest BCUT2D eigenvalue weighted by Crippen LogP contribution is -2.50. The van der Waals surface area contributed by atoms with E-state index in [1.807, 2.05) is 17.0 Å². The number of rotatable bonds is 7. The number of nitrogens with zero attached hydrogens (tertiary/aromatic N) is 3. The van der Waals surface area contributed by atoms with Crippen LogP contribution < -0.4 is 0 Å². The Balaban J connectivity index is 1.20. The van der Waals surface area contributed by atoms with Crippen LogP contribution in [0.2, 0.25) is 0 Å². The SMILES string of the molecule is CCCCCc1ccc(C(=O)N2CCC(N3CCC(C(=O)N4CCCC4)CC3)CC2)cc1. The average Bonchev–Trinajstić information content (AvgIpc) is 3.39. The van der Waals surface area contributed by atoms with E-state index >= 15 is 0 Å². The Morgan fingerprint density at radius 2 is 1.47 bits per heavy atom. The van der Waals surface area contributed by atoms with Gasteiger partial charge in [0.25, 0.3) is 5.91 Å². The fraction of sp³-hybridized carbons (Fsp3) is 0.704. The van der Waals surface area contributed by atoms with E-state index in [1.54, 1.807) is 0 Å². The monoisotopic (exact) mass is 439 g/mol. The first-order valence-corrected chi connectivity index (χ1v) is 13.1. The van der Waals surface area contributed by atoms with E-state index in [9.17, 15) is 9.59 Å². The lowest BCUT2D eigenvalue weighted by atomic mass is 9.92. The largest absolute Gasteiger partial charge is 0.342 e. The fourth-order valence-electron chi connectivity index (χ4n) is 5.72. The number of carbonyl (C=O) groups excluding carboxylic acids is 2. The second-order valence-corrected chi connectivity index (χ2v) is 10.0. The summed E-state index contributed by atoms with van der Waals surface area (Å²) in [7, 11) is 0. The van der Waals surface area contributed by atoms with Gasteiger partial charge in [-0.2, -0.15) is 0 Å². The van der Waals surface area contributed by atoms with Crippen molar-refractivity contribution in [3.63, 3.8) is 0 Å². The van der Waals surface area contributed by atoms with Crippen molar-refractivity contribution >= 4 is 11.8 Å². The number of aryl methyl sites for hydroxylation is 1. The Labute approximate surface area is 194 Å². The molecule has 3 fully saturated rings. The first-order chi connectivity index (χ1) is 15.7. The topological polar surface area (TPSA) is 43.9 Å². The molecule has 5 nitrogen and oxygen atoms in total. The third kappa shape index (κ3) is 5.72. The highest BCUT2D eigenvalue weighted by atomic mass is 16.2. The Hall–Kier alpha value is -1.88. The van der Waals surface area contributed by atoms with Crippen LogP contribution in [0, 0.1) is 5.92 Å². The molecule has 0 aliphatic carbocycles. The highest BCUT2D eigenvalue weighted by Crippen LogP contribution is 2.27. The first-order valence-electron chi connectivity index (χ1n) is 13.1. The van der Waals surface area contributed by atoms with Crippen LogP contribution in [0.5, 0.6) is 0 Å². The quantitative estimate of drug-likeness (QED) is 0.593. The van der Waals surface area contributed by atoms with Gasteiger partial charge in [-0.1, -0.05) is 31.9 Å². The molecule has 3 aliphatic heterocycles. The maximum Gasteiger partial charge on any atom is 0.253 e. The number of carbonyl (C=O) groups is 2. The molecule has 0 atom stereocenters. The van der Waals surface area contributed by atoms with Crippen LogP contribution >= 0.6 is 0 Å². The summed E-state index contributed by atoms with van der Waals surface area (Å²) in [5.74, 6) is 0.813. The number of benzene rings is 1. The van der Waals surface area contributed by atoms with Crippen LogP contribution in [0.1, 0.15) is 80.6 Å². The van der Waals surface area contributed by atoms with Gasteiger partial charge in [-0.3, -0.25) is 9.59 Å². The zero-order chi connectivity index (χ0) is 22.3. The van der Waals surface area contributed by atoms with Crippen LogP contribution in [-0.4, -0.2) is 71.8 Å². The van der Waals surface area contributed by atoms with Gasteiger partial charge < -0.3 is 14.7 Å². The standard InChI is InChI=1S/C27H41N3O2/c1-2-3-4-7-22-8-10-23(11-9-22)26(31)30-20-14-25(15-21-30)28-18-12-24(13-19-28)27(32)29-16-5-6-17-29/h8-11,24-25H,2-7,12-21H2,1H3.